The molecule has 3 N–H and O–H groups in total. The van der Waals surface area contributed by atoms with E-state index < -0.39 is 76.7 Å². The Morgan fingerprint density at radius 2 is 1.57 bits per heavy atom. The Bertz CT molecular complexity index is 1240. The topological polar surface area (TPSA) is 101 Å². The van der Waals surface area contributed by atoms with E-state index in [0.29, 0.717) is 4.90 Å². The van der Waals surface area contributed by atoms with Crippen molar-refractivity contribution in [2.75, 3.05) is 6.61 Å². The van der Waals surface area contributed by atoms with Crippen LogP contribution in [0.25, 0.3) is 11.3 Å². The van der Waals surface area contributed by atoms with Crippen LogP contribution in [0.4, 0.5) is 22.0 Å². The zero-order valence-corrected chi connectivity index (χ0v) is 19.4. The SMILES string of the molecule is OC[C@H]1O[C@H](Sc2ccc(Cl)c(Cl)c2)[C@H](O)[C@@H](n2cc(-c3c(F)c(F)c(F)c(F)c3F)nn2)[C@H]1O. The number of aliphatic hydroxyl groups excluding tert-OH is 3. The van der Waals surface area contributed by atoms with Crippen molar-refractivity contribution in [3.05, 3.63) is 63.5 Å². The molecule has 1 fully saturated rings. The molecule has 35 heavy (non-hydrogen) atoms. The highest BCUT2D eigenvalue weighted by Crippen LogP contribution is 2.40. The first-order valence-electron chi connectivity index (χ1n) is 9.73. The molecular formula is C20H14Cl2F5N3O4S. The fourth-order valence-electron chi connectivity index (χ4n) is 3.53. The van der Waals surface area contributed by atoms with E-state index in [2.05, 4.69) is 10.3 Å². The van der Waals surface area contributed by atoms with Gasteiger partial charge in [-0.15, -0.1) is 5.10 Å². The molecule has 0 amide bonds. The molecule has 15 heteroatoms. The number of aliphatic hydroxyl groups is 3. The van der Waals surface area contributed by atoms with Gasteiger partial charge in [0.25, 0.3) is 0 Å². The number of hydrogen-bond acceptors (Lipinski definition) is 7. The predicted octanol–water partition coefficient (Wildman–Crippen LogP) is 3.72. The number of benzene rings is 2. The van der Waals surface area contributed by atoms with E-state index in [1.165, 1.54) is 12.1 Å². The van der Waals surface area contributed by atoms with Crippen LogP contribution in [0.2, 0.25) is 10.0 Å². The van der Waals surface area contributed by atoms with Gasteiger partial charge in [0.2, 0.25) is 5.82 Å². The van der Waals surface area contributed by atoms with Gasteiger partial charge in [0, 0.05) is 4.90 Å². The highest BCUT2D eigenvalue weighted by molar-refractivity contribution is 7.99. The van der Waals surface area contributed by atoms with Crippen molar-refractivity contribution in [3.63, 3.8) is 0 Å². The molecule has 1 aliphatic rings. The number of nitrogens with zero attached hydrogens (tertiary/aromatic N) is 3. The lowest BCUT2D eigenvalue weighted by Crippen LogP contribution is -2.55. The zero-order chi connectivity index (χ0) is 25.6. The zero-order valence-electron chi connectivity index (χ0n) is 17.0. The van der Waals surface area contributed by atoms with Gasteiger partial charge in [0.15, 0.2) is 23.3 Å². The minimum absolute atomic E-state index is 0.223. The lowest BCUT2D eigenvalue weighted by Gasteiger charge is -2.41. The summed E-state index contributed by atoms with van der Waals surface area (Å²) >= 11 is 12.9. The van der Waals surface area contributed by atoms with Crippen molar-refractivity contribution in [2.24, 2.45) is 0 Å². The van der Waals surface area contributed by atoms with Gasteiger partial charge in [-0.1, -0.05) is 40.2 Å². The first-order valence-corrected chi connectivity index (χ1v) is 11.4. The average molecular weight is 558 g/mol. The predicted molar refractivity (Wildman–Crippen MR) is 114 cm³/mol. The Morgan fingerprint density at radius 1 is 0.943 bits per heavy atom. The third kappa shape index (κ3) is 4.73. The van der Waals surface area contributed by atoms with E-state index >= 15 is 0 Å². The maximum absolute atomic E-state index is 14.2. The highest BCUT2D eigenvalue weighted by Gasteiger charge is 2.46. The molecule has 4 rings (SSSR count). The molecule has 5 atom stereocenters. The molecule has 0 aliphatic carbocycles. The first-order chi connectivity index (χ1) is 16.5. The van der Waals surface area contributed by atoms with Crippen LogP contribution in [0.1, 0.15) is 6.04 Å². The van der Waals surface area contributed by atoms with E-state index in [1.54, 1.807) is 6.07 Å². The monoisotopic (exact) mass is 557 g/mol. The molecule has 7 nitrogen and oxygen atoms in total. The summed E-state index contributed by atoms with van der Waals surface area (Å²) in [5.41, 5.74) is -3.18. The molecule has 0 bridgehead atoms. The fraction of sp³-hybridized carbons (Fsp3) is 0.300. The Balaban J connectivity index is 1.69. The molecule has 2 aromatic carbocycles. The van der Waals surface area contributed by atoms with E-state index in [1.807, 2.05) is 0 Å². The molecule has 3 aromatic rings. The number of hydrogen-bond donors (Lipinski definition) is 3. The summed E-state index contributed by atoms with van der Waals surface area (Å²) in [6.07, 6.45) is -3.56. The lowest BCUT2D eigenvalue weighted by molar-refractivity contribution is -0.178. The summed E-state index contributed by atoms with van der Waals surface area (Å²) < 4.78 is 75.4. The highest BCUT2D eigenvalue weighted by atomic mass is 35.5. The standard InChI is InChI=1S/C20H14Cl2F5N3O4S/c21-7-2-1-6(3-8(7)22)35-20-19(33)17(18(32)10(5-31)34-20)30-4-9(28-29-30)11-12(23)14(25)16(27)15(26)13(11)24/h1-4,10,17-20,31-33H,5H2/t10-,17+,18+,19-,20-/m1/s1. The Morgan fingerprint density at radius 3 is 2.17 bits per heavy atom. The first kappa shape index (κ1) is 26.1. The van der Waals surface area contributed by atoms with E-state index in [-0.39, 0.29) is 10.0 Å². The van der Waals surface area contributed by atoms with Crippen molar-refractivity contribution >= 4 is 35.0 Å². The third-order valence-corrected chi connectivity index (χ3v) is 7.16. The number of thioether (sulfide) groups is 1. The van der Waals surface area contributed by atoms with Crippen molar-refractivity contribution < 1.29 is 42.0 Å². The van der Waals surface area contributed by atoms with Gasteiger partial charge >= 0.3 is 0 Å². The van der Waals surface area contributed by atoms with Gasteiger partial charge in [-0.3, -0.25) is 0 Å². The minimum Gasteiger partial charge on any atom is -0.394 e. The maximum atomic E-state index is 14.2. The molecule has 0 unspecified atom stereocenters. The van der Waals surface area contributed by atoms with Gasteiger partial charge in [-0.2, -0.15) is 0 Å². The van der Waals surface area contributed by atoms with Crippen LogP contribution in [-0.2, 0) is 4.74 Å². The van der Waals surface area contributed by atoms with Crippen molar-refractivity contribution in [1.82, 2.24) is 15.0 Å². The van der Waals surface area contributed by atoms with Gasteiger partial charge in [0.05, 0.1) is 28.4 Å². The van der Waals surface area contributed by atoms with E-state index in [9.17, 15) is 37.3 Å². The molecule has 2 heterocycles. The molecule has 1 aromatic heterocycles. The molecule has 0 spiro atoms. The second-order valence-corrected chi connectivity index (χ2v) is 9.41. The van der Waals surface area contributed by atoms with Crippen LogP contribution in [0.15, 0.2) is 29.3 Å². The van der Waals surface area contributed by atoms with Crippen LogP contribution in [0.5, 0.6) is 0 Å². The molecule has 1 saturated heterocycles. The second kappa shape index (κ2) is 10.2. The smallest absolute Gasteiger partial charge is 0.200 e. The molecule has 0 radical (unpaired) electrons. The number of halogens is 7. The van der Waals surface area contributed by atoms with Crippen molar-refractivity contribution in [3.8, 4) is 11.3 Å². The Labute approximate surface area is 208 Å². The van der Waals surface area contributed by atoms with Crippen LogP contribution in [0, 0.1) is 29.1 Å². The maximum Gasteiger partial charge on any atom is 0.200 e. The molecule has 188 valence electrons. The van der Waals surface area contributed by atoms with E-state index in [0.717, 1.165) is 22.6 Å². The Hall–Kier alpha value is -2.00. The van der Waals surface area contributed by atoms with Crippen LogP contribution in [0.3, 0.4) is 0 Å². The lowest BCUT2D eigenvalue weighted by atomic mass is 9.97. The normalized spacial score (nSPS) is 24.7. The fourth-order valence-corrected chi connectivity index (χ4v) is 4.99. The van der Waals surface area contributed by atoms with Crippen LogP contribution >= 0.6 is 35.0 Å². The van der Waals surface area contributed by atoms with Crippen molar-refractivity contribution in [2.45, 2.75) is 34.7 Å². The summed E-state index contributed by atoms with van der Waals surface area (Å²) in [5, 5.41) is 38.8. The number of aromatic nitrogens is 3. The largest absolute Gasteiger partial charge is 0.394 e. The van der Waals surface area contributed by atoms with Crippen molar-refractivity contribution in [1.29, 1.82) is 0 Å². The average Bonchev–Trinajstić information content (AvgIpc) is 3.30. The summed E-state index contributed by atoms with van der Waals surface area (Å²) in [6.45, 7) is -0.679. The summed E-state index contributed by atoms with van der Waals surface area (Å²) in [4.78, 5) is 0.510. The molecule has 0 saturated carbocycles. The summed E-state index contributed by atoms with van der Waals surface area (Å²) in [5.74, 6) is -10.9. The summed E-state index contributed by atoms with van der Waals surface area (Å²) in [6, 6.07) is 3.20. The van der Waals surface area contributed by atoms with Gasteiger partial charge in [0.1, 0.15) is 35.5 Å². The second-order valence-electron chi connectivity index (χ2n) is 7.42. The van der Waals surface area contributed by atoms with Gasteiger partial charge in [-0.05, 0) is 18.2 Å². The minimum atomic E-state index is -2.33. The van der Waals surface area contributed by atoms with Gasteiger partial charge in [-0.25, -0.2) is 26.6 Å². The number of ether oxygens (including phenoxy) is 1. The van der Waals surface area contributed by atoms with Gasteiger partial charge < -0.3 is 20.1 Å². The molecule has 1 aliphatic heterocycles. The van der Waals surface area contributed by atoms with Crippen LogP contribution in [-0.4, -0.2) is 60.7 Å². The molecular weight excluding hydrogens is 544 g/mol. The van der Waals surface area contributed by atoms with E-state index in [4.69, 9.17) is 27.9 Å². The summed E-state index contributed by atoms with van der Waals surface area (Å²) in [7, 11) is 0. The van der Waals surface area contributed by atoms with Crippen LogP contribution < -0.4 is 0 Å². The third-order valence-electron chi connectivity index (χ3n) is 5.27. The Kier molecular flexibility index (Phi) is 7.57. The number of rotatable bonds is 5. The quantitative estimate of drug-likeness (QED) is 0.250.